The molecule has 3 rings (SSSR count). The summed E-state index contributed by atoms with van der Waals surface area (Å²) in [6, 6.07) is 13.3. The van der Waals surface area contributed by atoms with Crippen LogP contribution in [0.1, 0.15) is 28.8 Å². The molecule has 3 amide bonds. The zero-order valence-electron chi connectivity index (χ0n) is 15.5. The number of halogens is 1. The van der Waals surface area contributed by atoms with E-state index in [2.05, 4.69) is 5.32 Å². The van der Waals surface area contributed by atoms with Crippen molar-refractivity contribution < 1.29 is 23.9 Å². The van der Waals surface area contributed by atoms with Crippen LogP contribution in [0.25, 0.3) is 0 Å². The molecule has 1 fully saturated rings. The molecule has 2 aromatic rings. The largest absolute Gasteiger partial charge is 0.452 e. The highest BCUT2D eigenvalue weighted by atomic mass is 35.5. The molecule has 0 aromatic heterocycles. The molecule has 1 heterocycles. The average Bonchev–Trinajstić information content (AvgIpc) is 3.06. The van der Waals surface area contributed by atoms with Crippen molar-refractivity contribution in [3.8, 4) is 0 Å². The molecule has 1 saturated heterocycles. The maximum atomic E-state index is 12.2. The van der Waals surface area contributed by atoms with Crippen LogP contribution < -0.4 is 10.2 Å². The summed E-state index contributed by atoms with van der Waals surface area (Å²) in [5, 5.41) is 3.32. The molecule has 1 N–H and O–H groups in total. The van der Waals surface area contributed by atoms with Crippen LogP contribution in [0.15, 0.2) is 48.5 Å². The molecule has 0 spiro atoms. The zero-order chi connectivity index (χ0) is 20.8. The molecule has 2 aromatic carbocycles. The molecule has 0 saturated carbocycles. The number of carbonyl (C=O) groups excluding carboxylic acids is 4. The number of carbonyl (C=O) groups is 4. The van der Waals surface area contributed by atoms with E-state index in [0.29, 0.717) is 23.7 Å². The van der Waals surface area contributed by atoms with Crippen LogP contribution in [-0.4, -0.2) is 36.8 Å². The number of benzene rings is 2. The Morgan fingerprint density at radius 3 is 2.41 bits per heavy atom. The molecule has 0 aliphatic carbocycles. The number of ether oxygens (including phenoxy) is 1. The molecule has 0 unspecified atom stereocenters. The number of hydrogen-bond donors (Lipinski definition) is 1. The number of anilines is 1. The quantitative estimate of drug-likeness (QED) is 0.555. The minimum Gasteiger partial charge on any atom is -0.452 e. The molecule has 1 aliphatic rings. The Morgan fingerprint density at radius 1 is 1.03 bits per heavy atom. The van der Waals surface area contributed by atoms with Gasteiger partial charge in [-0.15, -0.1) is 0 Å². The third-order valence-electron chi connectivity index (χ3n) is 4.38. The van der Waals surface area contributed by atoms with E-state index in [0.717, 1.165) is 10.5 Å². The fourth-order valence-electron chi connectivity index (χ4n) is 2.90. The van der Waals surface area contributed by atoms with Gasteiger partial charge in [0.15, 0.2) is 6.61 Å². The Kier molecular flexibility index (Phi) is 6.61. The highest BCUT2D eigenvalue weighted by Gasteiger charge is 2.30. The van der Waals surface area contributed by atoms with Gasteiger partial charge in [0.1, 0.15) is 0 Å². The van der Waals surface area contributed by atoms with Crippen molar-refractivity contribution in [2.75, 3.05) is 18.1 Å². The van der Waals surface area contributed by atoms with Crippen LogP contribution in [0.4, 0.5) is 5.69 Å². The van der Waals surface area contributed by atoms with E-state index in [9.17, 15) is 19.2 Å². The van der Waals surface area contributed by atoms with Gasteiger partial charge in [0.25, 0.3) is 5.91 Å². The van der Waals surface area contributed by atoms with E-state index in [-0.39, 0.29) is 30.2 Å². The first-order valence-electron chi connectivity index (χ1n) is 9.08. The SMILES string of the molecule is O=C(COC(=O)c1cccc(N2C(=O)CCC2=O)c1)NCCc1ccc(Cl)cc1. The summed E-state index contributed by atoms with van der Waals surface area (Å²) in [5.74, 6) is -1.74. The molecule has 8 heteroatoms. The van der Waals surface area contributed by atoms with Gasteiger partial charge in [-0.1, -0.05) is 29.8 Å². The minimum absolute atomic E-state index is 0.156. The zero-order valence-corrected chi connectivity index (χ0v) is 16.3. The summed E-state index contributed by atoms with van der Waals surface area (Å²) >= 11 is 5.82. The smallest absolute Gasteiger partial charge is 0.338 e. The monoisotopic (exact) mass is 414 g/mol. The van der Waals surface area contributed by atoms with E-state index < -0.39 is 18.5 Å². The number of hydrogen-bond acceptors (Lipinski definition) is 5. The standard InChI is InChI=1S/C21H19ClN2O5/c22-16-6-4-14(5-7-16)10-11-23-18(25)13-29-21(28)15-2-1-3-17(12-15)24-19(26)8-9-20(24)27/h1-7,12H,8-11,13H2,(H,23,25). The van der Waals surface area contributed by atoms with Gasteiger partial charge in [0.2, 0.25) is 11.8 Å². The minimum atomic E-state index is -0.709. The number of nitrogens with zero attached hydrogens (tertiary/aromatic N) is 1. The molecule has 7 nitrogen and oxygen atoms in total. The van der Waals surface area contributed by atoms with Gasteiger partial charge in [-0.05, 0) is 42.3 Å². The van der Waals surface area contributed by atoms with Gasteiger partial charge in [0, 0.05) is 24.4 Å². The van der Waals surface area contributed by atoms with Crippen LogP contribution in [0.3, 0.4) is 0 Å². The van der Waals surface area contributed by atoms with E-state index in [1.807, 2.05) is 12.1 Å². The van der Waals surface area contributed by atoms with Crippen molar-refractivity contribution in [1.29, 1.82) is 0 Å². The molecule has 0 atom stereocenters. The Labute approximate surface area is 172 Å². The Morgan fingerprint density at radius 2 is 1.72 bits per heavy atom. The fourth-order valence-corrected chi connectivity index (χ4v) is 3.03. The molecule has 1 aliphatic heterocycles. The first-order valence-corrected chi connectivity index (χ1v) is 9.46. The van der Waals surface area contributed by atoms with Gasteiger partial charge in [-0.2, -0.15) is 0 Å². The van der Waals surface area contributed by atoms with E-state index in [1.54, 1.807) is 24.3 Å². The molecule has 29 heavy (non-hydrogen) atoms. The van der Waals surface area contributed by atoms with E-state index in [4.69, 9.17) is 16.3 Å². The second-order valence-corrected chi connectivity index (χ2v) is 6.91. The maximum absolute atomic E-state index is 12.2. The lowest BCUT2D eigenvalue weighted by Crippen LogP contribution is -2.30. The fraction of sp³-hybridized carbons (Fsp3) is 0.238. The van der Waals surface area contributed by atoms with Crippen LogP contribution in [-0.2, 0) is 25.5 Å². The number of amides is 3. The van der Waals surface area contributed by atoms with Crippen LogP contribution in [0.5, 0.6) is 0 Å². The third-order valence-corrected chi connectivity index (χ3v) is 4.63. The summed E-state index contributed by atoms with van der Waals surface area (Å²) in [6.07, 6.45) is 0.935. The van der Waals surface area contributed by atoms with Gasteiger partial charge in [0.05, 0.1) is 11.3 Å². The number of rotatable bonds is 7. The Balaban J connectivity index is 1.48. The summed E-state index contributed by atoms with van der Waals surface area (Å²) < 4.78 is 5.02. The molecular weight excluding hydrogens is 396 g/mol. The van der Waals surface area contributed by atoms with Crippen molar-refractivity contribution in [3.63, 3.8) is 0 Å². The summed E-state index contributed by atoms with van der Waals surface area (Å²) in [5.41, 5.74) is 1.50. The summed E-state index contributed by atoms with van der Waals surface area (Å²) in [6.45, 7) is -0.0298. The summed E-state index contributed by atoms with van der Waals surface area (Å²) in [7, 11) is 0. The Bertz CT molecular complexity index is 926. The van der Waals surface area contributed by atoms with Crippen LogP contribution in [0, 0.1) is 0 Å². The van der Waals surface area contributed by atoms with Gasteiger partial charge in [-0.25, -0.2) is 4.79 Å². The lowest BCUT2D eigenvalue weighted by Gasteiger charge is -2.14. The van der Waals surface area contributed by atoms with Gasteiger partial charge >= 0.3 is 5.97 Å². The van der Waals surface area contributed by atoms with Crippen molar-refractivity contribution in [1.82, 2.24) is 5.32 Å². The second-order valence-electron chi connectivity index (χ2n) is 6.48. The number of imide groups is 1. The van der Waals surface area contributed by atoms with Crippen molar-refractivity contribution in [2.45, 2.75) is 19.3 Å². The van der Waals surface area contributed by atoms with Crippen molar-refractivity contribution >= 4 is 41.0 Å². The first-order chi connectivity index (χ1) is 13.9. The van der Waals surface area contributed by atoms with E-state index in [1.165, 1.54) is 12.1 Å². The number of nitrogens with one attached hydrogen (secondary N) is 1. The van der Waals surface area contributed by atoms with Gasteiger partial charge in [-0.3, -0.25) is 19.3 Å². The lowest BCUT2D eigenvalue weighted by molar-refractivity contribution is -0.124. The highest BCUT2D eigenvalue weighted by molar-refractivity contribution is 6.30. The van der Waals surface area contributed by atoms with Crippen molar-refractivity contribution in [2.24, 2.45) is 0 Å². The average molecular weight is 415 g/mol. The topological polar surface area (TPSA) is 92.8 Å². The van der Waals surface area contributed by atoms with Crippen LogP contribution in [0.2, 0.25) is 5.02 Å². The van der Waals surface area contributed by atoms with Crippen LogP contribution >= 0.6 is 11.6 Å². The van der Waals surface area contributed by atoms with E-state index >= 15 is 0 Å². The second kappa shape index (κ2) is 9.34. The van der Waals surface area contributed by atoms with Gasteiger partial charge < -0.3 is 10.1 Å². The highest BCUT2D eigenvalue weighted by Crippen LogP contribution is 2.23. The molecule has 150 valence electrons. The number of esters is 1. The molecular formula is C21H19ClN2O5. The predicted octanol–water partition coefficient (Wildman–Crippen LogP) is 2.51. The maximum Gasteiger partial charge on any atom is 0.338 e. The van der Waals surface area contributed by atoms with Crippen molar-refractivity contribution in [3.05, 3.63) is 64.7 Å². The molecule has 0 radical (unpaired) electrons. The lowest BCUT2D eigenvalue weighted by atomic mass is 10.1. The Hall–Kier alpha value is -3.19. The third kappa shape index (κ3) is 5.42. The predicted molar refractivity (Wildman–Crippen MR) is 107 cm³/mol. The molecule has 0 bridgehead atoms. The summed E-state index contributed by atoms with van der Waals surface area (Å²) in [4.78, 5) is 48.8. The normalized spacial score (nSPS) is 13.5. The first kappa shape index (κ1) is 20.5.